The van der Waals surface area contributed by atoms with Crippen molar-refractivity contribution in [2.45, 2.75) is 33.4 Å². The summed E-state index contributed by atoms with van der Waals surface area (Å²) in [5.74, 6) is 0. The number of rotatable bonds is 3. The molecule has 2 aromatic heterocycles. The highest BCUT2D eigenvalue weighted by Gasteiger charge is 2.30. The van der Waals surface area contributed by atoms with E-state index in [2.05, 4.69) is 37.9 Å². The molecular weight excluding hydrogens is 246 g/mol. The molecule has 0 atom stereocenters. The lowest BCUT2D eigenvalue weighted by Gasteiger charge is -2.39. The van der Waals surface area contributed by atoms with E-state index in [1.807, 2.05) is 13.8 Å². The Hall–Kier alpha value is -1.27. The van der Waals surface area contributed by atoms with E-state index < -0.39 is 0 Å². The number of likely N-dealkylation sites (tertiary alicyclic amines) is 1. The summed E-state index contributed by atoms with van der Waals surface area (Å²) >= 11 is 1.68. The SMILES string of the molecule is Cc1cc(C)n(C2CN(Cc3nnc(C)s3)C2)n1. The second-order valence-corrected chi connectivity index (χ2v) is 6.20. The summed E-state index contributed by atoms with van der Waals surface area (Å²) in [6, 6.07) is 2.66. The van der Waals surface area contributed by atoms with Gasteiger partial charge in [-0.2, -0.15) is 5.10 Å². The third kappa shape index (κ3) is 2.18. The Balaban J connectivity index is 1.59. The molecule has 0 N–H and O–H groups in total. The zero-order chi connectivity index (χ0) is 12.7. The Morgan fingerprint density at radius 2 is 2.06 bits per heavy atom. The average molecular weight is 263 g/mol. The Morgan fingerprint density at radius 3 is 2.61 bits per heavy atom. The highest BCUT2D eigenvalue weighted by atomic mass is 32.1. The van der Waals surface area contributed by atoms with Crippen molar-refractivity contribution in [3.63, 3.8) is 0 Å². The molecule has 1 saturated heterocycles. The quantitative estimate of drug-likeness (QED) is 0.846. The van der Waals surface area contributed by atoms with Crippen molar-refractivity contribution in [2.75, 3.05) is 13.1 Å². The Bertz CT molecular complexity index is 553. The van der Waals surface area contributed by atoms with E-state index in [0.29, 0.717) is 6.04 Å². The number of nitrogens with zero attached hydrogens (tertiary/aromatic N) is 5. The third-order valence-corrected chi connectivity index (χ3v) is 4.08. The molecule has 2 aromatic rings. The van der Waals surface area contributed by atoms with Crippen molar-refractivity contribution >= 4 is 11.3 Å². The largest absolute Gasteiger partial charge is 0.292 e. The van der Waals surface area contributed by atoms with Crippen molar-refractivity contribution in [1.29, 1.82) is 0 Å². The summed E-state index contributed by atoms with van der Waals surface area (Å²) in [6.45, 7) is 9.19. The van der Waals surface area contributed by atoms with E-state index >= 15 is 0 Å². The Morgan fingerprint density at radius 1 is 1.28 bits per heavy atom. The van der Waals surface area contributed by atoms with Crippen LogP contribution >= 0.6 is 11.3 Å². The molecule has 3 heterocycles. The fraction of sp³-hybridized carbons (Fsp3) is 0.583. The van der Waals surface area contributed by atoms with E-state index in [9.17, 15) is 0 Å². The molecule has 0 aromatic carbocycles. The summed E-state index contributed by atoms with van der Waals surface area (Å²) in [7, 11) is 0. The smallest absolute Gasteiger partial charge is 0.131 e. The van der Waals surface area contributed by atoms with Gasteiger partial charge in [-0.25, -0.2) is 0 Å². The molecule has 1 aliphatic rings. The van der Waals surface area contributed by atoms with E-state index in [1.54, 1.807) is 11.3 Å². The van der Waals surface area contributed by atoms with E-state index in [-0.39, 0.29) is 0 Å². The Kier molecular flexibility index (Phi) is 2.91. The molecule has 0 saturated carbocycles. The average Bonchev–Trinajstić information content (AvgIpc) is 2.78. The summed E-state index contributed by atoms with van der Waals surface area (Å²) < 4.78 is 2.15. The molecule has 0 aliphatic carbocycles. The van der Waals surface area contributed by atoms with Crippen LogP contribution in [0.5, 0.6) is 0 Å². The first-order valence-electron chi connectivity index (χ1n) is 6.16. The topological polar surface area (TPSA) is 46.8 Å². The summed E-state index contributed by atoms with van der Waals surface area (Å²) in [6.07, 6.45) is 0. The van der Waals surface area contributed by atoms with Crippen LogP contribution < -0.4 is 0 Å². The molecule has 1 fully saturated rings. The van der Waals surface area contributed by atoms with Gasteiger partial charge >= 0.3 is 0 Å². The van der Waals surface area contributed by atoms with Crippen molar-refractivity contribution in [3.8, 4) is 0 Å². The van der Waals surface area contributed by atoms with E-state index in [0.717, 1.165) is 35.3 Å². The first-order chi connectivity index (χ1) is 8.61. The highest BCUT2D eigenvalue weighted by molar-refractivity contribution is 7.11. The molecule has 0 bridgehead atoms. The predicted octanol–water partition coefficient (Wildman–Crippen LogP) is 1.72. The first kappa shape index (κ1) is 11.8. The number of hydrogen-bond donors (Lipinski definition) is 0. The van der Waals surface area contributed by atoms with Crippen LogP contribution in [0.4, 0.5) is 0 Å². The van der Waals surface area contributed by atoms with E-state index in [4.69, 9.17) is 0 Å². The van der Waals surface area contributed by atoms with Gasteiger partial charge in [0.05, 0.1) is 18.3 Å². The second-order valence-electron chi connectivity index (χ2n) is 4.93. The summed E-state index contributed by atoms with van der Waals surface area (Å²) in [5, 5.41) is 14.9. The number of aromatic nitrogens is 4. The van der Waals surface area contributed by atoms with Gasteiger partial charge < -0.3 is 0 Å². The minimum absolute atomic E-state index is 0.521. The van der Waals surface area contributed by atoms with E-state index in [1.165, 1.54) is 5.69 Å². The van der Waals surface area contributed by atoms with Gasteiger partial charge in [0.15, 0.2) is 0 Å². The maximum absolute atomic E-state index is 4.54. The highest BCUT2D eigenvalue weighted by Crippen LogP contribution is 2.25. The molecule has 0 radical (unpaired) electrons. The monoisotopic (exact) mass is 263 g/mol. The molecule has 1 aliphatic heterocycles. The van der Waals surface area contributed by atoms with Gasteiger partial charge in [0.25, 0.3) is 0 Å². The van der Waals surface area contributed by atoms with Gasteiger partial charge in [0.2, 0.25) is 0 Å². The van der Waals surface area contributed by atoms with Crippen molar-refractivity contribution in [1.82, 2.24) is 24.9 Å². The second kappa shape index (κ2) is 4.44. The summed E-state index contributed by atoms with van der Waals surface area (Å²) in [5.41, 5.74) is 2.36. The maximum atomic E-state index is 4.54. The fourth-order valence-electron chi connectivity index (χ4n) is 2.43. The Labute approximate surface area is 110 Å². The van der Waals surface area contributed by atoms with Crippen LogP contribution in [0.1, 0.15) is 27.4 Å². The minimum atomic E-state index is 0.521. The van der Waals surface area contributed by atoms with Gasteiger partial charge in [-0.1, -0.05) is 0 Å². The van der Waals surface area contributed by atoms with Gasteiger partial charge in [-0.05, 0) is 26.8 Å². The van der Waals surface area contributed by atoms with Crippen molar-refractivity contribution in [3.05, 3.63) is 27.5 Å². The lowest BCUT2D eigenvalue weighted by atomic mass is 10.1. The molecule has 18 heavy (non-hydrogen) atoms. The summed E-state index contributed by atoms with van der Waals surface area (Å²) in [4.78, 5) is 2.39. The van der Waals surface area contributed by atoms with Crippen LogP contribution in [0.3, 0.4) is 0 Å². The van der Waals surface area contributed by atoms with Gasteiger partial charge in [-0.15, -0.1) is 21.5 Å². The van der Waals surface area contributed by atoms with Crippen LogP contribution in [-0.2, 0) is 6.54 Å². The zero-order valence-electron chi connectivity index (χ0n) is 10.9. The molecule has 6 heteroatoms. The molecule has 0 unspecified atom stereocenters. The van der Waals surface area contributed by atoms with Crippen molar-refractivity contribution < 1.29 is 0 Å². The normalized spacial score (nSPS) is 17.1. The van der Waals surface area contributed by atoms with Gasteiger partial charge in [0.1, 0.15) is 10.0 Å². The number of hydrogen-bond acceptors (Lipinski definition) is 5. The van der Waals surface area contributed by atoms with Gasteiger partial charge in [0, 0.05) is 18.8 Å². The molecule has 96 valence electrons. The lowest BCUT2D eigenvalue weighted by Crippen LogP contribution is -2.47. The standard InChI is InChI=1S/C12H17N5S/c1-8-4-9(2)17(15-8)11-5-16(6-11)7-12-14-13-10(3)18-12/h4,11H,5-7H2,1-3H3. The van der Waals surface area contributed by atoms with Crippen LogP contribution in [0, 0.1) is 20.8 Å². The predicted molar refractivity (Wildman–Crippen MR) is 70.7 cm³/mol. The van der Waals surface area contributed by atoms with Gasteiger partial charge in [-0.3, -0.25) is 9.58 Å². The molecule has 3 rings (SSSR count). The first-order valence-corrected chi connectivity index (χ1v) is 6.97. The lowest BCUT2D eigenvalue weighted by molar-refractivity contribution is 0.0890. The third-order valence-electron chi connectivity index (χ3n) is 3.26. The molecule has 0 spiro atoms. The molecule has 5 nitrogen and oxygen atoms in total. The van der Waals surface area contributed by atoms with Crippen molar-refractivity contribution in [2.24, 2.45) is 0 Å². The maximum Gasteiger partial charge on any atom is 0.131 e. The van der Waals surface area contributed by atoms with Crippen LogP contribution in [0.2, 0.25) is 0 Å². The molecular formula is C12H17N5S. The van der Waals surface area contributed by atoms with Crippen LogP contribution in [0.25, 0.3) is 0 Å². The minimum Gasteiger partial charge on any atom is -0.292 e. The van der Waals surface area contributed by atoms with Crippen LogP contribution in [0.15, 0.2) is 6.07 Å². The number of aryl methyl sites for hydroxylation is 3. The van der Waals surface area contributed by atoms with Crippen LogP contribution in [-0.4, -0.2) is 38.0 Å². The molecule has 0 amide bonds. The fourth-order valence-corrected chi connectivity index (χ4v) is 3.19. The zero-order valence-corrected chi connectivity index (χ0v) is 11.7.